The zero-order valence-corrected chi connectivity index (χ0v) is 35.6. The summed E-state index contributed by atoms with van der Waals surface area (Å²) in [4.78, 5) is 30.4. The fourth-order valence-electron chi connectivity index (χ4n) is 9.01. The second-order valence-electron chi connectivity index (χ2n) is 17.4. The van der Waals surface area contributed by atoms with E-state index in [4.69, 9.17) is 36.8 Å². The predicted molar refractivity (Wildman–Crippen MR) is 196 cm³/mol. The van der Waals surface area contributed by atoms with Crippen LogP contribution < -0.4 is 0 Å². The summed E-state index contributed by atoms with van der Waals surface area (Å²) in [6, 6.07) is -0.490. The summed E-state index contributed by atoms with van der Waals surface area (Å²) in [7, 11) is -0.309. The highest BCUT2D eigenvalue weighted by Crippen LogP contribution is 2.53. The molecular formula is C37H65NO17S. The first-order valence-corrected chi connectivity index (χ1v) is 20.6. The first-order valence-electron chi connectivity index (χ1n) is 19.3. The van der Waals surface area contributed by atoms with Crippen LogP contribution in [0.2, 0.25) is 0 Å². The van der Waals surface area contributed by atoms with E-state index < -0.39 is 129 Å². The maximum absolute atomic E-state index is 14.7. The van der Waals surface area contributed by atoms with Crippen LogP contribution in [0.4, 0.5) is 0 Å². The van der Waals surface area contributed by atoms with Crippen LogP contribution >= 0.6 is 0 Å². The number of ether oxygens (including phenoxy) is 6. The summed E-state index contributed by atoms with van der Waals surface area (Å²) in [5.74, 6) is -8.74. The van der Waals surface area contributed by atoms with Crippen LogP contribution in [0, 0.1) is 17.8 Å². The highest BCUT2D eigenvalue weighted by molar-refractivity contribution is 7.82. The minimum absolute atomic E-state index is 0.116. The van der Waals surface area contributed by atoms with Gasteiger partial charge >= 0.3 is 16.4 Å². The standard InChI is InChI=1S/C37H65NO17S/c1-14-24-35(9,45)28(41)20(4)26(39)18(2)16-33(7,44)30(52-31-27(40)23(38(11)12)15-19(3)49-31)21(5)37(36(10,32(43)51-24)54-56(46,47)55-37)53-25-17-34(8,48-13)29(42)22(6)50-25/h18-25,27-31,40-42,44-45H,14-17H2,1-13H3/t18-,19+,20+,21-,22+,23-,24-,25?,27+,28-,29+,30-,31?,33-,34-,35-,36-,37-/m1/s1. The number of hydrogen-bond donors (Lipinski definition) is 5. The molecule has 0 aromatic rings. The number of fused-ring (bicyclic) bond motifs is 1. The zero-order chi connectivity index (χ0) is 42.7. The van der Waals surface area contributed by atoms with Gasteiger partial charge in [-0.3, -0.25) is 4.79 Å². The van der Waals surface area contributed by atoms with E-state index >= 15 is 0 Å². The van der Waals surface area contributed by atoms with Crippen molar-refractivity contribution in [3.05, 3.63) is 0 Å². The van der Waals surface area contributed by atoms with E-state index in [2.05, 4.69) is 0 Å². The van der Waals surface area contributed by atoms with Gasteiger partial charge in [0.25, 0.3) is 0 Å². The topological polar surface area (TPSA) is 247 Å². The number of methoxy groups -OCH3 is 1. The Bertz CT molecular complexity index is 1530. The van der Waals surface area contributed by atoms with Crippen LogP contribution in [-0.4, -0.2) is 161 Å². The van der Waals surface area contributed by atoms with Crippen molar-refractivity contribution in [2.24, 2.45) is 17.8 Å². The molecule has 326 valence electrons. The lowest BCUT2D eigenvalue weighted by atomic mass is 9.72. The number of carbonyl (C=O) groups excluding carboxylic acids is 2. The average molecular weight is 828 g/mol. The normalized spacial score (nSPS) is 50.9. The average Bonchev–Trinajstić information content (AvgIpc) is 3.32. The molecule has 4 saturated heterocycles. The van der Waals surface area contributed by atoms with Crippen molar-refractivity contribution in [1.82, 2.24) is 4.90 Å². The fraction of sp³-hybridized carbons (Fsp3) is 0.946. The van der Waals surface area contributed by atoms with Crippen molar-refractivity contribution in [1.29, 1.82) is 0 Å². The Kier molecular flexibility index (Phi) is 14.0. The minimum atomic E-state index is -5.19. The van der Waals surface area contributed by atoms with Crippen molar-refractivity contribution >= 4 is 22.2 Å². The van der Waals surface area contributed by atoms with Gasteiger partial charge in [-0.1, -0.05) is 27.7 Å². The van der Waals surface area contributed by atoms with E-state index in [1.807, 2.05) is 0 Å². The number of likely N-dealkylation sites (N-methyl/N-ethyl adjacent to an activating group) is 1. The lowest BCUT2D eigenvalue weighted by Crippen LogP contribution is -2.69. The number of carbonyl (C=O) groups is 2. The lowest BCUT2D eigenvalue weighted by Gasteiger charge is -2.52. The molecule has 18 nitrogen and oxygen atoms in total. The molecule has 5 N–H and O–H groups in total. The summed E-state index contributed by atoms with van der Waals surface area (Å²) >= 11 is 0. The zero-order valence-electron chi connectivity index (χ0n) is 34.8. The van der Waals surface area contributed by atoms with Gasteiger partial charge in [-0.25, -0.2) is 13.2 Å². The molecule has 19 heteroatoms. The Morgan fingerprint density at radius 3 is 2.07 bits per heavy atom. The molecule has 4 fully saturated rings. The summed E-state index contributed by atoms with van der Waals surface area (Å²) in [5.41, 5.74) is -8.57. The van der Waals surface area contributed by atoms with E-state index in [1.54, 1.807) is 39.8 Å². The molecule has 4 aliphatic rings. The Morgan fingerprint density at radius 2 is 1.52 bits per heavy atom. The van der Waals surface area contributed by atoms with Crippen LogP contribution in [0.1, 0.15) is 94.9 Å². The molecule has 0 aromatic heterocycles. The van der Waals surface area contributed by atoms with Gasteiger partial charge in [-0.15, -0.1) is 0 Å². The lowest BCUT2D eigenvalue weighted by molar-refractivity contribution is -0.380. The van der Waals surface area contributed by atoms with Gasteiger partial charge < -0.3 is 58.9 Å². The van der Waals surface area contributed by atoms with Gasteiger partial charge in [-0.2, -0.15) is 8.42 Å². The van der Waals surface area contributed by atoms with Gasteiger partial charge in [0.15, 0.2) is 12.6 Å². The molecule has 0 amide bonds. The van der Waals surface area contributed by atoms with Crippen LogP contribution in [0.3, 0.4) is 0 Å². The molecule has 4 aliphatic heterocycles. The number of aliphatic hydroxyl groups excluding tert-OH is 3. The highest BCUT2D eigenvalue weighted by atomic mass is 32.3. The predicted octanol–water partition coefficient (Wildman–Crippen LogP) is 0.528. The molecule has 0 spiro atoms. The molecule has 18 atom stereocenters. The van der Waals surface area contributed by atoms with Gasteiger partial charge in [0.05, 0.1) is 35.6 Å². The van der Waals surface area contributed by atoms with Crippen molar-refractivity contribution in [3.63, 3.8) is 0 Å². The van der Waals surface area contributed by atoms with Crippen LogP contribution in [0.5, 0.6) is 0 Å². The van der Waals surface area contributed by atoms with E-state index in [0.717, 1.165) is 6.92 Å². The maximum Gasteiger partial charge on any atom is 0.404 e. The van der Waals surface area contributed by atoms with Gasteiger partial charge in [-0.05, 0) is 74.9 Å². The first kappa shape index (κ1) is 47.3. The third kappa shape index (κ3) is 8.59. The maximum atomic E-state index is 14.7. The number of hydrogen-bond acceptors (Lipinski definition) is 18. The molecule has 4 heterocycles. The van der Waals surface area contributed by atoms with Crippen LogP contribution in [-0.2, 0) is 56.8 Å². The van der Waals surface area contributed by atoms with Crippen molar-refractivity contribution in [2.45, 2.75) is 184 Å². The smallest absolute Gasteiger partial charge is 0.404 e. The quantitative estimate of drug-likeness (QED) is 0.220. The van der Waals surface area contributed by atoms with Crippen molar-refractivity contribution < 1.29 is 80.3 Å². The molecule has 0 radical (unpaired) electrons. The minimum Gasteiger partial charge on any atom is -0.457 e. The number of rotatable bonds is 7. The molecule has 0 bridgehead atoms. The molecule has 2 unspecified atom stereocenters. The Hall–Kier alpha value is -1.43. The summed E-state index contributed by atoms with van der Waals surface area (Å²) in [6.07, 6.45) is -12.3. The molecule has 0 saturated carbocycles. The highest BCUT2D eigenvalue weighted by Gasteiger charge is 2.74. The molecular weight excluding hydrogens is 762 g/mol. The third-order valence-corrected chi connectivity index (χ3v) is 13.5. The number of nitrogens with zero attached hydrogens (tertiary/aromatic N) is 1. The number of esters is 1. The first-order chi connectivity index (χ1) is 25.5. The SMILES string of the molecule is CC[C@H]1OC(=O)[C@@]2(C)OS(=O)(=O)O[C@]2(OC2C[C@@](C)(OC)[C@@H](O)[C@H](C)O2)[C@H](C)[C@@H](OC2O[C@@H](C)C[C@@H](N(C)C)[C@@H]2O)[C@](C)(O)C[C@@H](C)C(=O)[C@H](C)[C@@H](O)[C@]1(C)O. The van der Waals surface area contributed by atoms with Crippen molar-refractivity contribution in [3.8, 4) is 0 Å². The number of ketones is 1. The van der Waals surface area contributed by atoms with E-state index in [1.165, 1.54) is 48.7 Å². The van der Waals surface area contributed by atoms with E-state index in [-0.39, 0.29) is 19.3 Å². The Labute approximate surface area is 330 Å². The van der Waals surface area contributed by atoms with Crippen molar-refractivity contribution in [2.75, 3.05) is 21.2 Å². The molecule has 0 aromatic carbocycles. The summed E-state index contributed by atoms with van der Waals surface area (Å²) in [6.45, 7) is 14.2. The molecule has 4 rings (SSSR count). The van der Waals surface area contributed by atoms with Gasteiger partial charge in [0.1, 0.15) is 29.7 Å². The summed E-state index contributed by atoms with van der Waals surface area (Å²) < 4.78 is 75.3. The van der Waals surface area contributed by atoms with E-state index in [0.29, 0.717) is 6.42 Å². The molecule has 0 aliphatic carbocycles. The number of aliphatic hydroxyl groups is 5. The van der Waals surface area contributed by atoms with Crippen LogP contribution in [0.25, 0.3) is 0 Å². The number of cyclic esters (lactones) is 1. The van der Waals surface area contributed by atoms with E-state index in [9.17, 15) is 43.5 Å². The monoisotopic (exact) mass is 827 g/mol. The number of Topliss-reactive ketones (excluding diaryl/α,β-unsaturated/α-hetero) is 1. The Balaban J connectivity index is 2.02. The van der Waals surface area contributed by atoms with Gasteiger partial charge in [0.2, 0.25) is 11.4 Å². The fourth-order valence-corrected chi connectivity index (χ4v) is 10.3. The summed E-state index contributed by atoms with van der Waals surface area (Å²) in [5, 5.41) is 58.3. The second kappa shape index (κ2) is 16.6. The molecule has 56 heavy (non-hydrogen) atoms. The van der Waals surface area contributed by atoms with Crippen LogP contribution in [0.15, 0.2) is 0 Å². The van der Waals surface area contributed by atoms with Gasteiger partial charge in [0, 0.05) is 37.3 Å². The third-order valence-electron chi connectivity index (χ3n) is 12.6. The second-order valence-corrected chi connectivity index (χ2v) is 18.5. The largest absolute Gasteiger partial charge is 0.457 e. The Morgan fingerprint density at radius 1 is 0.911 bits per heavy atom.